The van der Waals surface area contributed by atoms with E-state index in [1.54, 1.807) is 15.8 Å². The number of pyridine rings is 1. The fraction of sp³-hybridized carbons (Fsp3) is 0.714. The van der Waals surface area contributed by atoms with E-state index in [0.717, 1.165) is 12.8 Å². The third-order valence-corrected chi connectivity index (χ3v) is 10.3. The van der Waals surface area contributed by atoms with Crippen LogP contribution in [-0.4, -0.2) is 49.2 Å². The van der Waals surface area contributed by atoms with Gasteiger partial charge in [0.25, 0.3) is 5.91 Å². The summed E-state index contributed by atoms with van der Waals surface area (Å²) in [6, 6.07) is 1.37. The lowest BCUT2D eigenvalue weighted by Gasteiger charge is -2.43. The van der Waals surface area contributed by atoms with Crippen LogP contribution in [0.5, 0.6) is 5.75 Å². The molecule has 0 spiro atoms. The molecule has 1 amide bonds. The number of hydrogen-bond acceptors (Lipinski definition) is 5. The molecular weight excluding hydrogens is 386 g/mol. The molecule has 0 aliphatic carbocycles. The van der Waals surface area contributed by atoms with Crippen molar-refractivity contribution in [3.05, 3.63) is 28.2 Å². The van der Waals surface area contributed by atoms with Gasteiger partial charge in [-0.3, -0.25) is 14.3 Å². The Labute approximate surface area is 175 Å². The molecule has 0 radical (unpaired) electrons. The molecule has 1 unspecified atom stereocenters. The van der Waals surface area contributed by atoms with Gasteiger partial charge < -0.3 is 19.5 Å². The van der Waals surface area contributed by atoms with Crippen molar-refractivity contribution in [2.45, 2.75) is 84.7 Å². The van der Waals surface area contributed by atoms with Gasteiger partial charge in [0.15, 0.2) is 19.8 Å². The summed E-state index contributed by atoms with van der Waals surface area (Å²) in [4.78, 5) is 27.5. The molecule has 1 aromatic rings. The zero-order valence-corrected chi connectivity index (χ0v) is 20.2. The number of nitrogens with zero attached hydrogens (tertiary/aromatic N) is 2. The molecule has 29 heavy (non-hydrogen) atoms. The van der Waals surface area contributed by atoms with Crippen molar-refractivity contribution < 1.29 is 14.0 Å². The van der Waals surface area contributed by atoms with Gasteiger partial charge in [-0.2, -0.15) is 0 Å². The molecule has 1 N–H and O–H groups in total. The number of rotatable bonds is 8. The van der Waals surface area contributed by atoms with Crippen LogP contribution in [0.2, 0.25) is 18.1 Å². The lowest BCUT2D eigenvalue weighted by Crippen LogP contribution is -2.59. The van der Waals surface area contributed by atoms with Crippen molar-refractivity contribution in [3.8, 4) is 5.75 Å². The highest BCUT2D eigenvalue weighted by molar-refractivity contribution is 6.74. The first kappa shape index (κ1) is 23.5. The molecule has 0 saturated heterocycles. The van der Waals surface area contributed by atoms with Crippen molar-refractivity contribution >= 4 is 14.2 Å². The van der Waals surface area contributed by atoms with Gasteiger partial charge in [-0.15, -0.1) is 0 Å². The molecule has 1 atom stereocenters. The quantitative estimate of drug-likeness (QED) is 0.509. The minimum atomic E-state index is -1.97. The van der Waals surface area contributed by atoms with Gasteiger partial charge in [-0.05, 0) is 38.4 Å². The maximum atomic E-state index is 13.4. The lowest BCUT2D eigenvalue weighted by atomic mass is 10.2. The first-order valence-corrected chi connectivity index (χ1v) is 13.4. The van der Waals surface area contributed by atoms with E-state index in [1.807, 2.05) is 13.8 Å². The van der Waals surface area contributed by atoms with Crippen LogP contribution in [-0.2, 0) is 4.43 Å². The van der Waals surface area contributed by atoms with Gasteiger partial charge in [0.05, 0.1) is 13.2 Å². The number of unbranched alkanes of at least 4 members (excludes halogenated alkanes) is 1. The van der Waals surface area contributed by atoms with E-state index in [0.29, 0.717) is 13.2 Å². The number of carbonyl (C=O) groups is 1. The average molecular weight is 424 g/mol. The Bertz CT molecular complexity index is 783. The molecule has 0 aromatic carbocycles. The lowest BCUT2D eigenvalue weighted by molar-refractivity contribution is 0.0472. The zero-order chi connectivity index (χ0) is 22.0. The van der Waals surface area contributed by atoms with Crippen LogP contribution in [0, 0.1) is 0 Å². The summed E-state index contributed by atoms with van der Waals surface area (Å²) in [5.74, 6) is -0.0976. The smallest absolute Gasteiger partial charge is 0.278 e. The fourth-order valence-corrected chi connectivity index (χ4v) is 3.99. The predicted molar refractivity (Wildman–Crippen MR) is 119 cm³/mol. The number of nitrogens with one attached hydrogen (secondary N) is 1. The molecule has 0 bridgehead atoms. The highest BCUT2D eigenvalue weighted by Gasteiger charge is 2.41. The van der Waals surface area contributed by atoms with Gasteiger partial charge in [0.1, 0.15) is 6.17 Å². The molecular formula is C21H37N3O4Si. The Morgan fingerprint density at radius 3 is 2.45 bits per heavy atom. The summed E-state index contributed by atoms with van der Waals surface area (Å²) in [5, 5.41) is 0.0805. The number of ether oxygens (including phenoxy) is 1. The third-order valence-electron chi connectivity index (χ3n) is 5.82. The van der Waals surface area contributed by atoms with Gasteiger partial charge in [-0.25, -0.2) is 0 Å². The van der Waals surface area contributed by atoms with Crippen LogP contribution in [0.4, 0.5) is 0 Å². The maximum absolute atomic E-state index is 13.4. The van der Waals surface area contributed by atoms with Crippen LogP contribution in [0.1, 0.15) is 64.9 Å². The molecule has 2 rings (SSSR count). The Morgan fingerprint density at radius 2 is 1.90 bits per heavy atom. The normalized spacial score (nSPS) is 17.3. The van der Waals surface area contributed by atoms with E-state index in [9.17, 15) is 9.59 Å². The Balaban J connectivity index is 2.35. The Hall–Kier alpha value is -1.80. The molecule has 8 heteroatoms. The monoisotopic (exact) mass is 423 g/mol. The molecule has 1 aliphatic heterocycles. The van der Waals surface area contributed by atoms with Crippen molar-refractivity contribution in [2.24, 2.45) is 0 Å². The maximum Gasteiger partial charge on any atom is 0.278 e. The van der Waals surface area contributed by atoms with Crippen molar-refractivity contribution in [2.75, 3.05) is 18.6 Å². The third kappa shape index (κ3) is 5.03. The van der Waals surface area contributed by atoms with Crippen LogP contribution in [0.3, 0.4) is 0 Å². The molecule has 7 nitrogen and oxygen atoms in total. The largest absolute Gasteiger partial charge is 0.487 e. The second-order valence-corrected chi connectivity index (χ2v) is 14.3. The standard InChI is InChI=1S/C21H37N3O4Si/c1-9-10-13-27-19-16(25)11-12-23-18(19)20(26)24(15(2)3)17(22-23)14-28-29(7,8)21(4,5)6/h11-12,15,17,22H,9-10,13-14H2,1-8H3. The zero-order valence-electron chi connectivity index (χ0n) is 19.2. The molecule has 164 valence electrons. The topological polar surface area (TPSA) is 72.8 Å². The van der Waals surface area contributed by atoms with Crippen LogP contribution in [0.25, 0.3) is 0 Å². The van der Waals surface area contributed by atoms with E-state index >= 15 is 0 Å². The number of aromatic nitrogens is 1. The summed E-state index contributed by atoms with van der Waals surface area (Å²) in [6.07, 6.45) is 3.05. The van der Waals surface area contributed by atoms with E-state index in [1.165, 1.54) is 6.07 Å². The molecule has 0 saturated carbocycles. The van der Waals surface area contributed by atoms with Crippen LogP contribution < -0.4 is 15.6 Å². The van der Waals surface area contributed by atoms with Crippen LogP contribution >= 0.6 is 0 Å². The number of hydrogen-bond donors (Lipinski definition) is 1. The summed E-state index contributed by atoms with van der Waals surface area (Å²) < 4.78 is 13.7. The van der Waals surface area contributed by atoms with Gasteiger partial charge >= 0.3 is 0 Å². The van der Waals surface area contributed by atoms with Crippen LogP contribution in [0.15, 0.2) is 17.1 Å². The number of amides is 1. The average Bonchev–Trinajstić information content (AvgIpc) is 2.60. The fourth-order valence-electron chi connectivity index (χ4n) is 2.99. The van der Waals surface area contributed by atoms with E-state index < -0.39 is 8.32 Å². The second kappa shape index (κ2) is 8.91. The van der Waals surface area contributed by atoms with Gasteiger partial charge in [0.2, 0.25) is 5.43 Å². The highest BCUT2D eigenvalue weighted by atomic mass is 28.4. The van der Waals surface area contributed by atoms with Crippen molar-refractivity contribution in [1.29, 1.82) is 0 Å². The molecule has 0 fully saturated rings. The van der Waals surface area contributed by atoms with Gasteiger partial charge in [-0.1, -0.05) is 34.1 Å². The first-order valence-electron chi connectivity index (χ1n) is 10.5. The summed E-state index contributed by atoms with van der Waals surface area (Å²) in [6.45, 7) is 17.8. The van der Waals surface area contributed by atoms with Gasteiger partial charge in [0, 0.05) is 18.3 Å². The minimum Gasteiger partial charge on any atom is -0.487 e. The Morgan fingerprint density at radius 1 is 1.24 bits per heavy atom. The summed E-state index contributed by atoms with van der Waals surface area (Å²) >= 11 is 0. The molecule has 1 aliphatic rings. The number of carbonyl (C=O) groups excluding carboxylic acids is 1. The SMILES string of the molecule is CCCCOc1c2n(ccc1=O)NC(CO[Si](C)(C)C(C)(C)C)N(C(C)C)C2=O. The van der Waals surface area contributed by atoms with Crippen molar-refractivity contribution in [1.82, 2.24) is 9.58 Å². The summed E-state index contributed by atoms with van der Waals surface area (Å²) in [5.41, 5.74) is 3.32. The van der Waals surface area contributed by atoms with E-state index in [2.05, 4.69) is 46.2 Å². The van der Waals surface area contributed by atoms with E-state index in [4.69, 9.17) is 9.16 Å². The number of fused-ring (bicyclic) bond motifs is 1. The predicted octanol–water partition coefficient (Wildman–Crippen LogP) is 3.78. The van der Waals surface area contributed by atoms with E-state index in [-0.39, 0.29) is 40.0 Å². The highest BCUT2D eigenvalue weighted by Crippen LogP contribution is 2.37. The minimum absolute atomic E-state index is 0.0597. The molecule has 2 heterocycles. The molecule has 1 aromatic heterocycles. The van der Waals surface area contributed by atoms with Crippen molar-refractivity contribution in [3.63, 3.8) is 0 Å². The second-order valence-electron chi connectivity index (χ2n) is 9.45. The summed E-state index contributed by atoms with van der Waals surface area (Å²) in [7, 11) is -1.97. The Kier molecular flexibility index (Phi) is 7.22. The first-order chi connectivity index (χ1) is 13.4.